The summed E-state index contributed by atoms with van der Waals surface area (Å²) in [5.41, 5.74) is 2.18. The number of imidazole rings is 1. The molecule has 0 aliphatic rings. The second-order valence-corrected chi connectivity index (χ2v) is 4.66. The molecule has 2 rings (SSSR count). The van der Waals surface area contributed by atoms with Gasteiger partial charge in [0.1, 0.15) is 12.4 Å². The molecule has 1 aromatic heterocycles. The standard InChI is InChI=1S/C15H20N2O2/c1-3-17-11-16-9-14(17)10-19-15-6-4-13(5-7-15)8-12(2)18/h4-7,9,11-12,18H,3,8,10H2,1-2H3. The lowest BCUT2D eigenvalue weighted by atomic mass is 10.1. The summed E-state index contributed by atoms with van der Waals surface area (Å²) in [5.74, 6) is 0.832. The van der Waals surface area contributed by atoms with E-state index < -0.39 is 0 Å². The van der Waals surface area contributed by atoms with Crippen molar-refractivity contribution in [3.63, 3.8) is 0 Å². The molecule has 0 radical (unpaired) electrons. The quantitative estimate of drug-likeness (QED) is 0.867. The van der Waals surface area contributed by atoms with Crippen LogP contribution in [0.15, 0.2) is 36.8 Å². The van der Waals surface area contributed by atoms with Gasteiger partial charge >= 0.3 is 0 Å². The Morgan fingerprint density at radius 3 is 2.68 bits per heavy atom. The zero-order valence-corrected chi connectivity index (χ0v) is 11.4. The predicted octanol–water partition coefficient (Wildman–Crippen LogP) is 2.41. The summed E-state index contributed by atoms with van der Waals surface area (Å²) in [7, 11) is 0. The van der Waals surface area contributed by atoms with Crippen LogP contribution in [0, 0.1) is 0 Å². The number of rotatable bonds is 6. The van der Waals surface area contributed by atoms with E-state index in [-0.39, 0.29) is 6.10 Å². The van der Waals surface area contributed by atoms with Crippen LogP contribution in [0.2, 0.25) is 0 Å². The minimum Gasteiger partial charge on any atom is -0.487 e. The van der Waals surface area contributed by atoms with Crippen LogP contribution in [-0.4, -0.2) is 20.8 Å². The van der Waals surface area contributed by atoms with Crippen molar-refractivity contribution in [2.24, 2.45) is 0 Å². The van der Waals surface area contributed by atoms with Crippen LogP contribution in [0.25, 0.3) is 0 Å². The van der Waals surface area contributed by atoms with Gasteiger partial charge in [-0.2, -0.15) is 0 Å². The first-order chi connectivity index (χ1) is 9.19. The van der Waals surface area contributed by atoms with Gasteiger partial charge in [-0.3, -0.25) is 0 Å². The van der Waals surface area contributed by atoms with Gasteiger partial charge in [0.15, 0.2) is 0 Å². The van der Waals surface area contributed by atoms with Crippen LogP contribution in [0.1, 0.15) is 25.1 Å². The Kier molecular flexibility index (Phi) is 4.58. The molecule has 1 N–H and O–H groups in total. The Morgan fingerprint density at radius 2 is 2.05 bits per heavy atom. The Morgan fingerprint density at radius 1 is 1.32 bits per heavy atom. The van der Waals surface area contributed by atoms with Crippen LogP contribution in [0.3, 0.4) is 0 Å². The van der Waals surface area contributed by atoms with Crippen molar-refractivity contribution in [3.8, 4) is 5.75 Å². The van der Waals surface area contributed by atoms with Gasteiger partial charge in [0.25, 0.3) is 0 Å². The molecule has 1 heterocycles. The SMILES string of the molecule is CCn1cncc1COc1ccc(CC(C)O)cc1. The number of hydrogen-bond donors (Lipinski definition) is 1. The van der Waals surface area contributed by atoms with Crippen molar-refractivity contribution in [2.75, 3.05) is 0 Å². The monoisotopic (exact) mass is 260 g/mol. The zero-order chi connectivity index (χ0) is 13.7. The van der Waals surface area contributed by atoms with Crippen LogP contribution < -0.4 is 4.74 Å². The summed E-state index contributed by atoms with van der Waals surface area (Å²) in [6.07, 6.45) is 3.99. The van der Waals surface area contributed by atoms with E-state index >= 15 is 0 Å². The molecular formula is C15H20N2O2. The molecule has 2 aromatic rings. The Hall–Kier alpha value is -1.81. The number of aliphatic hydroxyl groups excluding tert-OH is 1. The number of aromatic nitrogens is 2. The number of aryl methyl sites for hydroxylation is 1. The largest absolute Gasteiger partial charge is 0.487 e. The van der Waals surface area contributed by atoms with Crippen LogP contribution in [0.5, 0.6) is 5.75 Å². The van der Waals surface area contributed by atoms with Gasteiger partial charge in [-0.1, -0.05) is 12.1 Å². The molecule has 0 aliphatic carbocycles. The molecule has 0 saturated carbocycles. The fourth-order valence-corrected chi connectivity index (χ4v) is 1.97. The van der Waals surface area contributed by atoms with Gasteiger partial charge in [-0.15, -0.1) is 0 Å². The van der Waals surface area contributed by atoms with E-state index in [1.165, 1.54) is 0 Å². The molecule has 0 spiro atoms. The first-order valence-electron chi connectivity index (χ1n) is 6.58. The molecule has 19 heavy (non-hydrogen) atoms. The molecule has 4 heteroatoms. The van der Waals surface area contributed by atoms with Crippen molar-refractivity contribution < 1.29 is 9.84 Å². The first-order valence-corrected chi connectivity index (χ1v) is 6.58. The molecule has 0 amide bonds. The average molecular weight is 260 g/mol. The molecule has 4 nitrogen and oxygen atoms in total. The summed E-state index contributed by atoms with van der Waals surface area (Å²) < 4.78 is 7.79. The molecule has 0 bridgehead atoms. The first kappa shape index (κ1) is 13.6. The van der Waals surface area contributed by atoms with Gasteiger partial charge < -0.3 is 14.4 Å². The van der Waals surface area contributed by atoms with E-state index in [0.29, 0.717) is 13.0 Å². The molecule has 0 saturated heterocycles. The second-order valence-electron chi connectivity index (χ2n) is 4.66. The van der Waals surface area contributed by atoms with Gasteiger partial charge in [0, 0.05) is 6.54 Å². The van der Waals surface area contributed by atoms with Gasteiger partial charge in [0.2, 0.25) is 0 Å². The third-order valence-corrected chi connectivity index (χ3v) is 2.98. The third kappa shape index (κ3) is 3.83. The topological polar surface area (TPSA) is 47.3 Å². The lowest BCUT2D eigenvalue weighted by molar-refractivity contribution is 0.195. The van der Waals surface area contributed by atoms with Crippen LogP contribution >= 0.6 is 0 Å². The van der Waals surface area contributed by atoms with E-state index in [4.69, 9.17) is 4.74 Å². The maximum absolute atomic E-state index is 9.32. The van der Waals surface area contributed by atoms with E-state index in [0.717, 1.165) is 23.6 Å². The summed E-state index contributed by atoms with van der Waals surface area (Å²) in [4.78, 5) is 4.11. The van der Waals surface area contributed by atoms with Gasteiger partial charge in [0.05, 0.1) is 24.3 Å². The van der Waals surface area contributed by atoms with Gasteiger partial charge in [-0.05, 0) is 38.0 Å². The van der Waals surface area contributed by atoms with Crippen molar-refractivity contribution in [3.05, 3.63) is 48.0 Å². The highest BCUT2D eigenvalue weighted by molar-refractivity contribution is 5.27. The van der Waals surface area contributed by atoms with Crippen molar-refractivity contribution >= 4 is 0 Å². The predicted molar refractivity (Wildman–Crippen MR) is 74.1 cm³/mol. The molecule has 1 atom stereocenters. The minimum absolute atomic E-state index is 0.314. The normalized spacial score (nSPS) is 12.4. The maximum atomic E-state index is 9.32. The molecule has 0 aliphatic heterocycles. The van der Waals surface area contributed by atoms with Crippen LogP contribution in [-0.2, 0) is 19.6 Å². The van der Waals surface area contributed by atoms with Gasteiger partial charge in [-0.25, -0.2) is 4.98 Å². The number of benzene rings is 1. The van der Waals surface area contributed by atoms with E-state index in [2.05, 4.69) is 16.5 Å². The second kappa shape index (κ2) is 6.38. The molecule has 0 fully saturated rings. The number of aliphatic hydroxyl groups is 1. The summed E-state index contributed by atoms with van der Waals surface area (Å²) in [6, 6.07) is 7.84. The summed E-state index contributed by atoms with van der Waals surface area (Å²) in [6.45, 7) is 5.28. The smallest absolute Gasteiger partial charge is 0.130 e. The summed E-state index contributed by atoms with van der Waals surface area (Å²) in [5, 5.41) is 9.32. The molecule has 1 aromatic carbocycles. The number of ether oxygens (including phenoxy) is 1. The number of nitrogens with zero attached hydrogens (tertiary/aromatic N) is 2. The zero-order valence-electron chi connectivity index (χ0n) is 11.4. The Bertz CT molecular complexity index is 503. The van der Waals surface area contributed by atoms with Crippen molar-refractivity contribution in [2.45, 2.75) is 39.5 Å². The van der Waals surface area contributed by atoms with Crippen LogP contribution in [0.4, 0.5) is 0 Å². The molecule has 102 valence electrons. The highest BCUT2D eigenvalue weighted by Gasteiger charge is 2.03. The average Bonchev–Trinajstić information content (AvgIpc) is 2.84. The van der Waals surface area contributed by atoms with E-state index in [1.54, 1.807) is 6.92 Å². The van der Waals surface area contributed by atoms with Crippen molar-refractivity contribution in [1.29, 1.82) is 0 Å². The fourth-order valence-electron chi connectivity index (χ4n) is 1.97. The molecular weight excluding hydrogens is 240 g/mol. The van der Waals surface area contributed by atoms with Crippen molar-refractivity contribution in [1.82, 2.24) is 9.55 Å². The summed E-state index contributed by atoms with van der Waals surface area (Å²) >= 11 is 0. The number of hydrogen-bond acceptors (Lipinski definition) is 3. The fraction of sp³-hybridized carbons (Fsp3) is 0.400. The maximum Gasteiger partial charge on any atom is 0.130 e. The molecule has 1 unspecified atom stereocenters. The lowest BCUT2D eigenvalue weighted by Gasteiger charge is -2.09. The third-order valence-electron chi connectivity index (χ3n) is 2.98. The highest BCUT2D eigenvalue weighted by Crippen LogP contribution is 2.15. The minimum atomic E-state index is -0.314. The highest BCUT2D eigenvalue weighted by atomic mass is 16.5. The Labute approximate surface area is 113 Å². The van der Waals surface area contributed by atoms with E-state index in [9.17, 15) is 5.11 Å². The Balaban J connectivity index is 1.93. The lowest BCUT2D eigenvalue weighted by Crippen LogP contribution is -2.05. The van der Waals surface area contributed by atoms with E-state index in [1.807, 2.05) is 36.8 Å².